The summed E-state index contributed by atoms with van der Waals surface area (Å²) in [6.07, 6.45) is -0.725. The maximum Gasteiger partial charge on any atom is 0.405 e. The van der Waals surface area contributed by atoms with Gasteiger partial charge in [-0.05, 0) is 269 Å². The van der Waals surface area contributed by atoms with Gasteiger partial charge in [0.1, 0.15) is 52.9 Å². The van der Waals surface area contributed by atoms with Gasteiger partial charge in [0.05, 0.1) is 99.3 Å². The summed E-state index contributed by atoms with van der Waals surface area (Å²) >= 11 is 2.77. The van der Waals surface area contributed by atoms with Crippen LogP contribution in [0.25, 0.3) is 88.6 Å². The van der Waals surface area contributed by atoms with Crippen LogP contribution in [0, 0.1) is 52.2 Å². The summed E-state index contributed by atoms with van der Waals surface area (Å²) in [5, 5.41) is 46.2. The first-order chi connectivity index (χ1) is 53.2. The number of benzene rings is 8. The Bertz CT molecular complexity index is 5120. The van der Waals surface area contributed by atoms with E-state index in [1.165, 1.54) is 12.5 Å². The molecule has 0 unspecified atom stereocenters. The molecule has 5 N–H and O–H groups in total. The minimum absolute atomic E-state index is 0. The van der Waals surface area contributed by atoms with Crippen molar-refractivity contribution < 1.29 is 45.3 Å². The Morgan fingerprint density at radius 2 is 0.768 bits per heavy atom. The lowest BCUT2D eigenvalue weighted by Crippen LogP contribution is -2.27. The van der Waals surface area contributed by atoms with Crippen LogP contribution in [-0.2, 0) is 51.5 Å². The van der Waals surface area contributed by atoms with E-state index >= 15 is 0 Å². The van der Waals surface area contributed by atoms with E-state index in [9.17, 15) is 34.3 Å². The van der Waals surface area contributed by atoms with Gasteiger partial charge in [0.25, 0.3) is 0 Å². The zero-order valence-electron chi connectivity index (χ0n) is 65.1. The second kappa shape index (κ2) is 43.8. The first-order valence-electron chi connectivity index (χ1n) is 36.3. The van der Waals surface area contributed by atoms with Crippen molar-refractivity contribution in [3.8, 4) is 92.3 Å². The van der Waals surface area contributed by atoms with Gasteiger partial charge in [-0.15, -0.1) is 0 Å². The normalized spacial score (nSPS) is 10.5. The Kier molecular flexibility index (Phi) is 35.6. The average molecular weight is 1640 g/mol. The maximum absolute atomic E-state index is 10.0. The molecule has 0 saturated heterocycles. The Balaban J connectivity index is 0.000000249. The molecule has 25 heteroatoms. The first-order valence-corrected chi connectivity index (χ1v) is 40.3. The highest BCUT2D eigenvalue weighted by molar-refractivity contribution is 9.10. The lowest BCUT2D eigenvalue weighted by Gasteiger charge is -2.16. The number of anilines is 2. The van der Waals surface area contributed by atoms with Crippen LogP contribution in [0.4, 0.5) is 16.2 Å². The van der Waals surface area contributed by atoms with Gasteiger partial charge in [-0.2, -0.15) is 29.5 Å². The smallest absolute Gasteiger partial charge is 0.405 e. The predicted molar refractivity (Wildman–Crippen MR) is 458 cm³/mol. The number of nitrogen functional groups attached to an aromatic ring is 1. The fourth-order valence-electron chi connectivity index (χ4n) is 12.6. The minimum Gasteiger partial charge on any atom is -0.494 e. The molecule has 4 heterocycles. The number of aryl methyl sites for hydroxylation is 5. The third-order valence-corrected chi connectivity index (χ3v) is 18.8. The van der Waals surface area contributed by atoms with E-state index in [1.807, 2.05) is 173 Å². The molecule has 0 saturated carbocycles. The molecule has 0 radical (unpaired) electrons. The molecule has 0 fully saturated rings. The number of nitrogens with zero attached hydrogens (tertiary/aromatic N) is 8. The van der Waals surface area contributed by atoms with Crippen molar-refractivity contribution in [2.24, 2.45) is 5.73 Å². The molecule has 588 valence electrons. The Labute approximate surface area is 674 Å². The van der Waals surface area contributed by atoms with Crippen LogP contribution < -0.4 is 35.7 Å². The van der Waals surface area contributed by atoms with E-state index < -0.39 is 32.3 Å². The van der Waals surface area contributed by atoms with Crippen molar-refractivity contribution in [2.45, 2.75) is 136 Å². The molecule has 0 bridgehead atoms. The van der Waals surface area contributed by atoms with E-state index in [0.29, 0.717) is 37.7 Å². The molecular weight excluding hydrogens is 1540 g/mol. The zero-order chi connectivity index (χ0) is 81.7. The van der Waals surface area contributed by atoms with Crippen LogP contribution in [0.15, 0.2) is 174 Å². The number of rotatable bonds is 19. The quantitative estimate of drug-likeness (QED) is 0.0500. The largest absolute Gasteiger partial charge is 0.494 e. The van der Waals surface area contributed by atoms with Crippen molar-refractivity contribution in [1.29, 1.82) is 21.0 Å². The van der Waals surface area contributed by atoms with Crippen molar-refractivity contribution >= 4 is 108 Å². The van der Waals surface area contributed by atoms with E-state index in [4.69, 9.17) is 38.8 Å². The summed E-state index contributed by atoms with van der Waals surface area (Å²) in [6.45, 7) is 33.8. The lowest BCUT2D eigenvalue weighted by atomic mass is 10.1. The highest BCUT2D eigenvalue weighted by Crippen LogP contribution is 2.40. The highest BCUT2D eigenvalue weighted by Gasteiger charge is 2.23. The van der Waals surface area contributed by atoms with Crippen molar-refractivity contribution in [2.75, 3.05) is 49.8 Å². The number of fused-ring (bicyclic) bond motifs is 4. The second-order valence-electron chi connectivity index (χ2n) is 25.3. The molecule has 1 amide bonds. The van der Waals surface area contributed by atoms with Crippen LogP contribution in [0.1, 0.15) is 125 Å². The van der Waals surface area contributed by atoms with Gasteiger partial charge in [-0.3, -0.25) is 0 Å². The molecule has 8 aromatic carbocycles. The summed E-state index contributed by atoms with van der Waals surface area (Å²) in [5.74, 6) is 3.38. The van der Waals surface area contributed by atoms with E-state index in [-0.39, 0.29) is 13.2 Å². The summed E-state index contributed by atoms with van der Waals surface area (Å²) < 4.78 is 72.5. The fraction of sp³-hybridized carbons (Fsp3) is 0.299. The molecule has 12 rings (SSSR count). The van der Waals surface area contributed by atoms with Gasteiger partial charge < -0.3 is 58.7 Å². The zero-order valence-corrected chi connectivity index (χ0v) is 69.1. The molecular formula is C87H99BrClN11O10S2. The average Bonchev–Trinajstić information content (AvgIpc) is 1.64. The summed E-state index contributed by atoms with van der Waals surface area (Å²) in [6, 6.07) is 65.5. The molecule has 4 aromatic heterocycles. The van der Waals surface area contributed by atoms with Crippen LogP contribution >= 0.6 is 26.6 Å². The van der Waals surface area contributed by atoms with Crippen molar-refractivity contribution in [3.05, 3.63) is 202 Å². The number of carbonyl (C=O) groups is 1. The van der Waals surface area contributed by atoms with Crippen molar-refractivity contribution in [1.82, 2.24) is 18.3 Å². The number of hydrogen-bond acceptors (Lipinski definition) is 16. The first kappa shape index (κ1) is 91.1. The summed E-state index contributed by atoms with van der Waals surface area (Å²) in [5.41, 5.74) is 28.3. The third kappa shape index (κ3) is 23.5. The number of halogens is 2. The Morgan fingerprint density at radius 3 is 1.04 bits per heavy atom. The second-order valence-corrected chi connectivity index (χ2v) is 29.4. The summed E-state index contributed by atoms with van der Waals surface area (Å²) in [4.78, 5) is 10.0. The fourth-order valence-corrected chi connectivity index (χ4v) is 12.9. The number of nitriles is 4. The molecule has 0 aliphatic heterocycles. The SMILES string of the molecule is C.CC(C)(C)OC(N)=O.CCNc1ccc2c(C#N)c(-c3ccc(OCC)cc3)n(CC)c2c1.CCOc1ccc(-c2c(C#N)c3ccc(Br)cc3n2CC)cc1.CCOc1ccc(-c2c(C#N)c3ccc(C)cc3n2CC)cc1.CCOc1ccc(-c2c(C#N)c3ccc(N)cc3n2CC)cc1.CCS(=O)(=O)Cl.O=S=O. The van der Waals surface area contributed by atoms with Crippen molar-refractivity contribution in [3.63, 3.8) is 0 Å². The number of nitrogens with two attached hydrogens (primary N) is 2. The van der Waals surface area contributed by atoms with Gasteiger partial charge in [0.2, 0.25) is 9.05 Å². The van der Waals surface area contributed by atoms with Gasteiger partial charge in [-0.25, -0.2) is 13.2 Å². The maximum atomic E-state index is 10.0. The minimum atomic E-state index is -3.19. The van der Waals surface area contributed by atoms with Gasteiger partial charge in [-0.1, -0.05) is 48.5 Å². The number of amides is 1. The third-order valence-electron chi connectivity index (χ3n) is 17.0. The van der Waals surface area contributed by atoms with Gasteiger partial charge in [0, 0.05) is 80.8 Å². The van der Waals surface area contributed by atoms with Gasteiger partial charge >= 0.3 is 17.7 Å². The molecule has 0 aliphatic rings. The van der Waals surface area contributed by atoms with Crippen LogP contribution in [0.5, 0.6) is 23.0 Å². The van der Waals surface area contributed by atoms with Crippen LogP contribution in [0.3, 0.4) is 0 Å². The van der Waals surface area contributed by atoms with Crippen LogP contribution in [-0.4, -0.2) is 85.5 Å². The van der Waals surface area contributed by atoms with E-state index in [1.54, 1.807) is 20.8 Å². The molecule has 12 aromatic rings. The number of ether oxygens (including phenoxy) is 5. The molecule has 21 nitrogen and oxygen atoms in total. The number of hydrogen-bond donors (Lipinski definition) is 3. The highest BCUT2D eigenvalue weighted by atomic mass is 79.9. The van der Waals surface area contributed by atoms with Crippen LogP contribution in [0.2, 0.25) is 0 Å². The molecule has 0 spiro atoms. The number of aromatic nitrogens is 4. The van der Waals surface area contributed by atoms with Gasteiger partial charge in [0.15, 0.2) is 0 Å². The summed E-state index contributed by atoms with van der Waals surface area (Å²) in [7, 11) is 1.50. The predicted octanol–water partition coefficient (Wildman–Crippen LogP) is 20.9. The number of carbonyl (C=O) groups excluding carboxylic acids is 1. The number of primary amides is 1. The topological polar surface area (TPSA) is 310 Å². The number of nitrogens with one attached hydrogen (secondary N) is 1. The monoisotopic (exact) mass is 1640 g/mol. The van der Waals surface area contributed by atoms with E-state index in [0.717, 1.165) is 171 Å². The Morgan fingerprint density at radius 1 is 0.482 bits per heavy atom. The Hall–Kier alpha value is -11.5. The molecule has 112 heavy (non-hydrogen) atoms. The molecule has 0 aliphatic carbocycles. The molecule has 0 atom stereocenters. The van der Waals surface area contributed by atoms with E-state index in [2.05, 4.69) is 145 Å². The lowest BCUT2D eigenvalue weighted by molar-refractivity contribution is 0.0599. The standard InChI is InChI=1S/C21H23N3O.C20H20N2O.C19H17BrN2O.C19H19N3O.C5H11NO2.C2H5ClO2S.CH4.O2S/c1-4-23-16-9-12-18-19(14-22)21(24(5-2)20(18)13-16)15-7-10-17(11-8-15)25-6-3;1-4-22-19-12-14(3)6-11-17(19)18(13-21)20(22)15-7-9-16(10-8-15)23-5-2;1-3-22-18-11-14(20)7-10-16(18)17(12-21)19(22)13-5-8-15(9-6-13)23-4-2;1-3-22-18-11-14(21)7-10-16(18)17(12-20)19(22)13-5-8-15(9-6-13)23-4-2;1-5(2,3)8-4(6)7;1-2-6(3,4)5;;1-3-2/h7-13,23H,4-6H2,1-3H3;6-12H,4-5H2,1-3H3;5-11H,3-4H2,1-2H3;5-11H,3-4,21H2,1-2H3;1-3H3,(H2,6,7);2H2,1H3;1H4;.